The number of aryl methyl sites for hydroxylation is 1. The van der Waals surface area contributed by atoms with Gasteiger partial charge in [-0.3, -0.25) is 0 Å². The molecule has 0 radical (unpaired) electrons. The molecular formula is C16H21ClF2. The van der Waals surface area contributed by atoms with Crippen molar-refractivity contribution in [3.8, 4) is 0 Å². The second-order valence-corrected chi connectivity index (χ2v) is 6.84. The van der Waals surface area contributed by atoms with Crippen LogP contribution in [0.2, 0.25) is 0 Å². The number of alkyl halides is 1. The van der Waals surface area contributed by atoms with Gasteiger partial charge in [-0.05, 0) is 48.8 Å². The van der Waals surface area contributed by atoms with Crippen LogP contribution in [-0.4, -0.2) is 0 Å². The first kappa shape index (κ1) is 14.8. The van der Waals surface area contributed by atoms with Crippen LogP contribution in [0.15, 0.2) is 12.1 Å². The number of rotatable bonds is 2. The van der Waals surface area contributed by atoms with E-state index in [-0.39, 0.29) is 23.0 Å². The van der Waals surface area contributed by atoms with Crippen LogP contribution in [0.25, 0.3) is 0 Å². The molecule has 106 valence electrons. The lowest BCUT2D eigenvalue weighted by atomic mass is 9.66. The van der Waals surface area contributed by atoms with Gasteiger partial charge in [-0.25, -0.2) is 8.78 Å². The summed E-state index contributed by atoms with van der Waals surface area (Å²) < 4.78 is 27.7. The average Bonchev–Trinajstić information content (AvgIpc) is 2.32. The molecule has 0 nitrogen and oxygen atoms in total. The molecule has 2 atom stereocenters. The monoisotopic (exact) mass is 286 g/mol. The molecule has 19 heavy (non-hydrogen) atoms. The molecule has 0 amide bonds. The van der Waals surface area contributed by atoms with Crippen LogP contribution < -0.4 is 0 Å². The van der Waals surface area contributed by atoms with E-state index in [9.17, 15) is 8.78 Å². The summed E-state index contributed by atoms with van der Waals surface area (Å²) in [5.74, 6) is -0.574. The van der Waals surface area contributed by atoms with Crippen LogP contribution in [0.3, 0.4) is 0 Å². The van der Waals surface area contributed by atoms with Gasteiger partial charge in [0, 0.05) is 5.56 Å². The van der Waals surface area contributed by atoms with Crippen molar-refractivity contribution in [2.24, 2.45) is 11.3 Å². The molecule has 0 heterocycles. The van der Waals surface area contributed by atoms with Crippen LogP contribution >= 0.6 is 11.6 Å². The fourth-order valence-corrected chi connectivity index (χ4v) is 3.79. The van der Waals surface area contributed by atoms with Crippen LogP contribution in [0.4, 0.5) is 8.78 Å². The highest BCUT2D eigenvalue weighted by Gasteiger charge is 2.38. The fourth-order valence-electron chi connectivity index (χ4n) is 3.15. The normalized spacial score (nSPS) is 24.2. The molecule has 1 aromatic rings. The lowest BCUT2D eigenvalue weighted by Crippen LogP contribution is -2.31. The quantitative estimate of drug-likeness (QED) is 0.606. The van der Waals surface area contributed by atoms with Crippen molar-refractivity contribution in [1.29, 1.82) is 0 Å². The molecule has 1 saturated carbocycles. The second-order valence-electron chi connectivity index (χ2n) is 6.37. The van der Waals surface area contributed by atoms with Crippen molar-refractivity contribution < 1.29 is 8.78 Å². The summed E-state index contributed by atoms with van der Waals surface area (Å²) in [6.07, 6.45) is 4.39. The Bertz CT molecular complexity index is 468. The van der Waals surface area contributed by atoms with E-state index in [2.05, 4.69) is 13.8 Å². The summed E-state index contributed by atoms with van der Waals surface area (Å²) in [4.78, 5) is 0. The Hall–Kier alpha value is -0.630. The zero-order chi connectivity index (χ0) is 14.2. The molecule has 1 fully saturated rings. The Balaban J connectivity index is 2.33. The lowest BCUT2D eigenvalue weighted by Gasteiger charge is -2.41. The molecule has 1 aliphatic rings. The molecule has 1 aromatic carbocycles. The summed E-state index contributed by atoms with van der Waals surface area (Å²) in [6, 6.07) is 2.52. The van der Waals surface area contributed by atoms with Gasteiger partial charge in [0.25, 0.3) is 0 Å². The molecule has 0 saturated heterocycles. The highest BCUT2D eigenvalue weighted by molar-refractivity contribution is 6.21. The van der Waals surface area contributed by atoms with Crippen LogP contribution in [-0.2, 0) is 0 Å². The van der Waals surface area contributed by atoms with Crippen LogP contribution in [0, 0.1) is 29.9 Å². The highest BCUT2D eigenvalue weighted by Crippen LogP contribution is 2.49. The Kier molecular flexibility index (Phi) is 4.20. The second kappa shape index (κ2) is 5.40. The highest BCUT2D eigenvalue weighted by atomic mass is 35.5. The summed E-state index contributed by atoms with van der Waals surface area (Å²) in [6.45, 7) is 5.92. The molecule has 1 aliphatic carbocycles. The summed E-state index contributed by atoms with van der Waals surface area (Å²) >= 11 is 6.49. The third kappa shape index (κ3) is 2.94. The Morgan fingerprint density at radius 2 is 1.89 bits per heavy atom. The third-order valence-corrected chi connectivity index (χ3v) is 5.06. The molecule has 2 rings (SSSR count). The molecule has 3 heteroatoms. The first-order chi connectivity index (χ1) is 8.83. The molecule has 0 spiro atoms. The first-order valence-electron chi connectivity index (χ1n) is 6.92. The zero-order valence-corrected chi connectivity index (χ0v) is 12.5. The van der Waals surface area contributed by atoms with E-state index < -0.39 is 5.38 Å². The SMILES string of the molecule is Cc1cc(F)c(C(Cl)C2CCCCC2(C)C)cc1F. The summed E-state index contributed by atoms with van der Waals surface area (Å²) in [5.41, 5.74) is 0.719. The maximum atomic E-state index is 14.0. The van der Waals surface area contributed by atoms with Crippen molar-refractivity contribution in [3.05, 3.63) is 34.9 Å². The van der Waals surface area contributed by atoms with Gasteiger partial charge in [-0.15, -0.1) is 11.6 Å². The van der Waals surface area contributed by atoms with Crippen molar-refractivity contribution in [3.63, 3.8) is 0 Å². The van der Waals surface area contributed by atoms with Gasteiger partial charge in [0.15, 0.2) is 0 Å². The maximum Gasteiger partial charge on any atom is 0.128 e. The first-order valence-corrected chi connectivity index (χ1v) is 7.36. The summed E-state index contributed by atoms with van der Waals surface area (Å²) in [7, 11) is 0. The fraction of sp³-hybridized carbons (Fsp3) is 0.625. The summed E-state index contributed by atoms with van der Waals surface area (Å²) in [5, 5.41) is -0.453. The molecule has 0 N–H and O–H groups in total. The number of hydrogen-bond donors (Lipinski definition) is 0. The molecular weight excluding hydrogens is 266 g/mol. The van der Waals surface area contributed by atoms with E-state index >= 15 is 0 Å². The van der Waals surface area contributed by atoms with Gasteiger partial charge in [0.2, 0.25) is 0 Å². The third-order valence-electron chi connectivity index (χ3n) is 4.52. The number of hydrogen-bond acceptors (Lipinski definition) is 0. The molecule has 0 aliphatic heterocycles. The Morgan fingerprint density at radius 1 is 1.21 bits per heavy atom. The van der Waals surface area contributed by atoms with Gasteiger partial charge >= 0.3 is 0 Å². The van der Waals surface area contributed by atoms with E-state index in [0.717, 1.165) is 19.3 Å². The minimum Gasteiger partial charge on any atom is -0.207 e. The van der Waals surface area contributed by atoms with Gasteiger partial charge in [-0.2, -0.15) is 0 Å². The van der Waals surface area contributed by atoms with E-state index in [1.807, 2.05) is 0 Å². The predicted octanol–water partition coefficient (Wildman–Crippen LogP) is 5.77. The standard InChI is InChI=1S/C16H21ClF2/c1-10-8-14(19)11(9-13(10)18)15(17)12-6-4-5-7-16(12,2)3/h8-9,12,15H,4-7H2,1-3H3. The predicted molar refractivity (Wildman–Crippen MR) is 75.4 cm³/mol. The number of benzene rings is 1. The van der Waals surface area contributed by atoms with E-state index in [0.29, 0.717) is 11.1 Å². The van der Waals surface area contributed by atoms with E-state index in [1.165, 1.54) is 18.6 Å². The van der Waals surface area contributed by atoms with Gasteiger partial charge in [-0.1, -0.05) is 26.7 Å². The molecule has 0 bridgehead atoms. The average molecular weight is 287 g/mol. The van der Waals surface area contributed by atoms with Gasteiger partial charge in [0.05, 0.1) is 5.38 Å². The van der Waals surface area contributed by atoms with Crippen molar-refractivity contribution in [1.82, 2.24) is 0 Å². The minimum absolute atomic E-state index is 0.0818. The van der Waals surface area contributed by atoms with E-state index in [1.54, 1.807) is 6.92 Å². The van der Waals surface area contributed by atoms with Crippen molar-refractivity contribution in [2.75, 3.05) is 0 Å². The van der Waals surface area contributed by atoms with Gasteiger partial charge < -0.3 is 0 Å². The van der Waals surface area contributed by atoms with Gasteiger partial charge in [0.1, 0.15) is 11.6 Å². The zero-order valence-electron chi connectivity index (χ0n) is 11.8. The Labute approximate surface area is 119 Å². The molecule has 2 unspecified atom stereocenters. The molecule has 0 aromatic heterocycles. The number of halogens is 3. The van der Waals surface area contributed by atoms with Crippen LogP contribution in [0.5, 0.6) is 0 Å². The lowest BCUT2D eigenvalue weighted by molar-refractivity contribution is 0.132. The maximum absolute atomic E-state index is 14.0. The van der Waals surface area contributed by atoms with Crippen molar-refractivity contribution >= 4 is 11.6 Å². The van der Waals surface area contributed by atoms with Crippen LogP contribution in [0.1, 0.15) is 56.0 Å². The van der Waals surface area contributed by atoms with Crippen molar-refractivity contribution in [2.45, 2.75) is 51.8 Å². The topological polar surface area (TPSA) is 0 Å². The van der Waals surface area contributed by atoms with E-state index in [4.69, 9.17) is 11.6 Å². The Morgan fingerprint density at radius 3 is 2.53 bits per heavy atom. The smallest absolute Gasteiger partial charge is 0.128 e. The minimum atomic E-state index is -0.453. The largest absolute Gasteiger partial charge is 0.207 e.